The normalized spacial score (nSPS) is 51.7. The lowest BCUT2D eigenvalue weighted by Gasteiger charge is -2.62. The predicted octanol–water partition coefficient (Wildman–Crippen LogP) is 5.23. The summed E-state index contributed by atoms with van der Waals surface area (Å²) in [5.41, 5.74) is 0.375. The summed E-state index contributed by atoms with van der Waals surface area (Å²) in [5.74, 6) is 2.75. The topological polar surface area (TPSA) is 57.5 Å². The molecular formula is C26H44O3. The fourth-order valence-corrected chi connectivity index (χ4v) is 9.26. The van der Waals surface area contributed by atoms with Gasteiger partial charge in [-0.25, -0.2) is 0 Å². The molecule has 2 N–H and O–H groups in total. The van der Waals surface area contributed by atoms with Crippen molar-refractivity contribution in [2.75, 3.05) is 0 Å². The van der Waals surface area contributed by atoms with Crippen LogP contribution in [0.5, 0.6) is 0 Å². The molecular weight excluding hydrogens is 360 g/mol. The van der Waals surface area contributed by atoms with E-state index in [9.17, 15) is 15.0 Å². The van der Waals surface area contributed by atoms with E-state index in [1.165, 1.54) is 32.1 Å². The second-order valence-electron chi connectivity index (χ2n) is 11.9. The summed E-state index contributed by atoms with van der Waals surface area (Å²) < 4.78 is 0. The Hall–Kier alpha value is -0.410. The van der Waals surface area contributed by atoms with Crippen LogP contribution in [-0.4, -0.2) is 28.2 Å². The quantitative estimate of drug-likeness (QED) is 0.675. The number of ketones is 1. The number of fused-ring (bicyclic) bond motifs is 5. The fraction of sp³-hybridized carbons (Fsp3) is 0.962. The zero-order chi connectivity index (χ0) is 21.1. The second kappa shape index (κ2) is 7.62. The van der Waals surface area contributed by atoms with Crippen molar-refractivity contribution in [3.63, 3.8) is 0 Å². The van der Waals surface area contributed by atoms with Gasteiger partial charge in [-0.05, 0) is 92.3 Å². The molecule has 4 fully saturated rings. The molecule has 3 heteroatoms. The SMILES string of the molecule is CCC[C@@H](C)[C@H]1CCC2C3C(=O)C(C(C)O)[C@@H]4C[C@H](O)CC[C@]4(C)C3CC[C@@]21C. The number of carbonyl (C=O) groups is 1. The van der Waals surface area contributed by atoms with E-state index in [1.807, 2.05) is 6.92 Å². The van der Waals surface area contributed by atoms with Crippen molar-refractivity contribution in [3.8, 4) is 0 Å². The first-order chi connectivity index (χ1) is 13.6. The molecule has 0 aromatic rings. The minimum absolute atomic E-state index is 0.0912. The van der Waals surface area contributed by atoms with Gasteiger partial charge >= 0.3 is 0 Å². The highest BCUT2D eigenvalue weighted by Crippen LogP contribution is 2.68. The van der Waals surface area contributed by atoms with Crippen molar-refractivity contribution in [1.82, 2.24) is 0 Å². The third-order valence-corrected chi connectivity index (χ3v) is 10.6. The Balaban J connectivity index is 1.70. The lowest BCUT2D eigenvalue weighted by Crippen LogP contribution is -2.62. The molecule has 0 bridgehead atoms. The van der Waals surface area contributed by atoms with Gasteiger partial charge in [0.25, 0.3) is 0 Å². The summed E-state index contributed by atoms with van der Waals surface area (Å²) in [6.07, 6.45) is 9.07. The Morgan fingerprint density at radius 1 is 1.00 bits per heavy atom. The van der Waals surface area contributed by atoms with E-state index < -0.39 is 6.10 Å². The first-order valence-electron chi connectivity index (χ1n) is 12.5. The van der Waals surface area contributed by atoms with Gasteiger partial charge < -0.3 is 10.2 Å². The van der Waals surface area contributed by atoms with Crippen LogP contribution in [0.2, 0.25) is 0 Å². The van der Waals surface area contributed by atoms with Crippen molar-refractivity contribution in [2.24, 2.45) is 52.3 Å². The van der Waals surface area contributed by atoms with E-state index in [1.54, 1.807) is 0 Å². The van der Waals surface area contributed by atoms with Crippen molar-refractivity contribution in [3.05, 3.63) is 0 Å². The third kappa shape index (κ3) is 3.16. The van der Waals surface area contributed by atoms with Gasteiger partial charge in [0, 0.05) is 11.8 Å². The van der Waals surface area contributed by atoms with Crippen LogP contribution in [0.15, 0.2) is 0 Å². The fourth-order valence-electron chi connectivity index (χ4n) is 9.26. The molecule has 4 aliphatic rings. The van der Waals surface area contributed by atoms with Crippen molar-refractivity contribution < 1.29 is 15.0 Å². The van der Waals surface area contributed by atoms with Gasteiger partial charge in [-0.15, -0.1) is 0 Å². The Morgan fingerprint density at radius 2 is 1.66 bits per heavy atom. The number of hydrogen-bond acceptors (Lipinski definition) is 3. The Kier molecular flexibility index (Phi) is 5.73. The van der Waals surface area contributed by atoms with E-state index >= 15 is 0 Å². The van der Waals surface area contributed by atoms with Crippen molar-refractivity contribution in [1.29, 1.82) is 0 Å². The summed E-state index contributed by atoms with van der Waals surface area (Å²) >= 11 is 0. The predicted molar refractivity (Wildman–Crippen MR) is 116 cm³/mol. The van der Waals surface area contributed by atoms with Crippen molar-refractivity contribution >= 4 is 5.78 Å². The Labute approximate surface area is 178 Å². The number of rotatable bonds is 4. The molecule has 4 aliphatic carbocycles. The van der Waals surface area contributed by atoms with Crippen LogP contribution in [0.4, 0.5) is 0 Å². The standard InChI is InChI=1S/C26H44O3/c1-6-7-15(2)18-8-9-19-23-20(11-13-25(18,19)4)26(5)12-10-17(28)14-21(26)22(16(3)27)24(23)29/h15-23,27-28H,6-14H2,1-5H3/t15-,16?,17-,18-,19?,20?,21+,22?,23?,25-,26-/m1/s1. The second-order valence-corrected chi connectivity index (χ2v) is 11.9. The summed E-state index contributed by atoms with van der Waals surface area (Å²) in [6, 6.07) is 0. The molecule has 0 heterocycles. The molecule has 0 aliphatic heterocycles. The molecule has 0 radical (unpaired) electrons. The van der Waals surface area contributed by atoms with Crippen LogP contribution >= 0.6 is 0 Å². The molecule has 4 saturated carbocycles. The van der Waals surface area contributed by atoms with Crippen LogP contribution in [0.25, 0.3) is 0 Å². The van der Waals surface area contributed by atoms with Crippen LogP contribution in [0, 0.1) is 52.3 Å². The summed E-state index contributed by atoms with van der Waals surface area (Å²) in [4.78, 5) is 14.0. The molecule has 3 nitrogen and oxygen atoms in total. The number of aliphatic hydroxyl groups is 2. The Morgan fingerprint density at radius 3 is 2.31 bits per heavy atom. The monoisotopic (exact) mass is 404 g/mol. The lowest BCUT2D eigenvalue weighted by atomic mass is 9.41. The maximum atomic E-state index is 14.0. The van der Waals surface area contributed by atoms with Gasteiger partial charge in [-0.1, -0.05) is 40.5 Å². The molecule has 5 unspecified atom stereocenters. The highest BCUT2D eigenvalue weighted by molar-refractivity contribution is 5.86. The van der Waals surface area contributed by atoms with Crippen LogP contribution in [-0.2, 0) is 4.79 Å². The molecule has 0 amide bonds. The van der Waals surface area contributed by atoms with Gasteiger partial charge in [-0.2, -0.15) is 0 Å². The van der Waals surface area contributed by atoms with E-state index in [0.29, 0.717) is 24.0 Å². The van der Waals surface area contributed by atoms with E-state index in [4.69, 9.17) is 0 Å². The van der Waals surface area contributed by atoms with Gasteiger partial charge in [0.05, 0.1) is 12.2 Å². The largest absolute Gasteiger partial charge is 0.393 e. The zero-order valence-electron chi connectivity index (χ0n) is 19.4. The molecule has 29 heavy (non-hydrogen) atoms. The van der Waals surface area contributed by atoms with E-state index in [2.05, 4.69) is 27.7 Å². The van der Waals surface area contributed by atoms with Gasteiger partial charge in [0.2, 0.25) is 0 Å². The molecule has 11 atom stereocenters. The smallest absolute Gasteiger partial charge is 0.142 e. The van der Waals surface area contributed by atoms with Crippen LogP contribution in [0.1, 0.15) is 92.4 Å². The zero-order valence-corrected chi connectivity index (χ0v) is 19.4. The summed E-state index contributed by atoms with van der Waals surface area (Å²) in [5, 5.41) is 21.1. The number of carbonyl (C=O) groups excluding carboxylic acids is 1. The first-order valence-corrected chi connectivity index (χ1v) is 12.5. The van der Waals surface area contributed by atoms with Gasteiger partial charge in [-0.3, -0.25) is 4.79 Å². The van der Waals surface area contributed by atoms with Crippen LogP contribution < -0.4 is 0 Å². The molecule has 0 spiro atoms. The van der Waals surface area contributed by atoms with E-state index in [-0.39, 0.29) is 34.7 Å². The first kappa shape index (κ1) is 21.8. The summed E-state index contributed by atoms with van der Waals surface area (Å²) in [6.45, 7) is 11.4. The average Bonchev–Trinajstić information content (AvgIpc) is 3.00. The molecule has 0 aromatic carbocycles. The minimum atomic E-state index is -0.609. The molecule has 166 valence electrons. The van der Waals surface area contributed by atoms with Crippen molar-refractivity contribution in [2.45, 2.75) is 105 Å². The highest BCUT2D eigenvalue weighted by Gasteiger charge is 2.65. The third-order valence-electron chi connectivity index (χ3n) is 10.6. The van der Waals surface area contributed by atoms with E-state index in [0.717, 1.165) is 31.1 Å². The number of Topliss-reactive ketones (excluding diaryl/α,β-unsaturated/α-hetero) is 1. The summed E-state index contributed by atoms with van der Waals surface area (Å²) in [7, 11) is 0. The van der Waals surface area contributed by atoms with Gasteiger partial charge in [0.1, 0.15) is 5.78 Å². The van der Waals surface area contributed by atoms with Crippen LogP contribution in [0.3, 0.4) is 0 Å². The highest BCUT2D eigenvalue weighted by atomic mass is 16.3. The molecule has 4 rings (SSSR count). The molecule has 0 aromatic heterocycles. The minimum Gasteiger partial charge on any atom is -0.393 e. The number of hydrogen-bond donors (Lipinski definition) is 2. The molecule has 0 saturated heterocycles. The number of aliphatic hydroxyl groups excluding tert-OH is 2. The average molecular weight is 405 g/mol. The lowest BCUT2D eigenvalue weighted by molar-refractivity contribution is -0.181. The van der Waals surface area contributed by atoms with Gasteiger partial charge in [0.15, 0.2) is 0 Å². The maximum absolute atomic E-state index is 14.0. The maximum Gasteiger partial charge on any atom is 0.142 e. The Bertz CT molecular complexity index is 629.